The molecule has 6 heteroatoms. The molecule has 1 aliphatic rings. The Morgan fingerprint density at radius 2 is 1.08 bits per heavy atom. The standard InChI is InChI=1S/C18H16Br2N2O2/c1-23-17(13-3-5-15(19)21-11-13)7-9-18(24-2,10-8-17)14-4-6-16(20)22-12-14/h3-12H,1-2H3/t17-,18+. The van der Waals surface area contributed by atoms with Crippen molar-refractivity contribution >= 4 is 31.9 Å². The molecule has 0 aromatic carbocycles. The first-order valence-electron chi connectivity index (χ1n) is 7.29. The van der Waals surface area contributed by atoms with Crippen molar-refractivity contribution in [3.63, 3.8) is 0 Å². The summed E-state index contributed by atoms with van der Waals surface area (Å²) in [5.74, 6) is 0. The van der Waals surface area contributed by atoms with Crippen molar-refractivity contribution < 1.29 is 9.47 Å². The number of hydrogen-bond donors (Lipinski definition) is 0. The second-order valence-electron chi connectivity index (χ2n) is 5.40. The van der Waals surface area contributed by atoms with E-state index in [1.54, 1.807) is 26.6 Å². The highest BCUT2D eigenvalue weighted by molar-refractivity contribution is 9.10. The minimum absolute atomic E-state index is 0.668. The first-order chi connectivity index (χ1) is 11.5. The lowest BCUT2D eigenvalue weighted by Gasteiger charge is -2.35. The molecule has 2 aromatic rings. The van der Waals surface area contributed by atoms with Crippen LogP contribution in [0.2, 0.25) is 0 Å². The number of halogens is 2. The molecule has 0 unspecified atom stereocenters. The van der Waals surface area contributed by atoms with E-state index in [1.165, 1.54) is 0 Å². The van der Waals surface area contributed by atoms with Crippen LogP contribution < -0.4 is 0 Å². The van der Waals surface area contributed by atoms with Crippen LogP contribution in [0.4, 0.5) is 0 Å². The monoisotopic (exact) mass is 450 g/mol. The molecule has 4 nitrogen and oxygen atoms in total. The van der Waals surface area contributed by atoms with Gasteiger partial charge in [-0.25, -0.2) is 9.97 Å². The van der Waals surface area contributed by atoms with E-state index in [0.717, 1.165) is 20.3 Å². The summed E-state index contributed by atoms with van der Waals surface area (Å²) in [5.41, 5.74) is 0.551. The van der Waals surface area contributed by atoms with Crippen molar-refractivity contribution in [2.45, 2.75) is 11.2 Å². The average Bonchev–Trinajstić information content (AvgIpc) is 2.63. The maximum absolute atomic E-state index is 5.79. The van der Waals surface area contributed by atoms with Gasteiger partial charge in [-0.1, -0.05) is 12.1 Å². The molecule has 124 valence electrons. The Morgan fingerprint density at radius 3 is 1.33 bits per heavy atom. The van der Waals surface area contributed by atoms with E-state index < -0.39 is 11.2 Å². The first-order valence-corrected chi connectivity index (χ1v) is 8.87. The molecule has 2 heterocycles. The van der Waals surface area contributed by atoms with Gasteiger partial charge in [0.15, 0.2) is 0 Å². The van der Waals surface area contributed by atoms with E-state index in [9.17, 15) is 0 Å². The summed E-state index contributed by atoms with van der Waals surface area (Å²) >= 11 is 6.71. The molecule has 0 saturated heterocycles. The van der Waals surface area contributed by atoms with Crippen molar-refractivity contribution in [3.05, 3.63) is 81.3 Å². The SMILES string of the molecule is CO[C@]1(c2ccc(Br)nc2)C=C[C@@](OC)(c2ccc(Br)nc2)C=C1. The maximum Gasteiger partial charge on any atom is 0.131 e. The van der Waals surface area contributed by atoms with E-state index >= 15 is 0 Å². The summed E-state index contributed by atoms with van der Waals surface area (Å²) in [6.45, 7) is 0. The highest BCUT2D eigenvalue weighted by atomic mass is 79.9. The van der Waals surface area contributed by atoms with Crippen molar-refractivity contribution in [2.75, 3.05) is 14.2 Å². The topological polar surface area (TPSA) is 44.2 Å². The molecule has 0 saturated carbocycles. The van der Waals surface area contributed by atoms with Crippen LogP contribution in [-0.4, -0.2) is 24.2 Å². The van der Waals surface area contributed by atoms with E-state index in [2.05, 4.69) is 41.8 Å². The fourth-order valence-electron chi connectivity index (χ4n) is 2.71. The summed E-state index contributed by atoms with van der Waals surface area (Å²) in [5, 5.41) is 0. The Kier molecular flexibility index (Phi) is 5.01. The number of nitrogens with zero attached hydrogens (tertiary/aromatic N) is 2. The van der Waals surface area contributed by atoms with Gasteiger partial charge in [-0.3, -0.25) is 0 Å². The van der Waals surface area contributed by atoms with Crippen LogP contribution in [0.5, 0.6) is 0 Å². The number of pyridine rings is 2. The van der Waals surface area contributed by atoms with Gasteiger partial charge in [-0.2, -0.15) is 0 Å². The molecule has 0 fully saturated rings. The number of aromatic nitrogens is 2. The molecule has 0 aliphatic heterocycles. The van der Waals surface area contributed by atoms with Gasteiger partial charge < -0.3 is 9.47 Å². The second-order valence-corrected chi connectivity index (χ2v) is 7.03. The summed E-state index contributed by atoms with van der Waals surface area (Å²) in [7, 11) is 3.36. The van der Waals surface area contributed by atoms with Gasteiger partial charge >= 0.3 is 0 Å². The fourth-order valence-corrected chi connectivity index (χ4v) is 3.18. The molecule has 1 aliphatic carbocycles. The third-order valence-corrected chi connectivity index (χ3v) is 5.13. The smallest absolute Gasteiger partial charge is 0.131 e. The molecule has 2 aromatic heterocycles. The molecule has 0 amide bonds. The van der Waals surface area contributed by atoms with Gasteiger partial charge in [0.2, 0.25) is 0 Å². The Bertz CT molecular complexity index is 691. The minimum atomic E-state index is -0.668. The number of hydrogen-bond acceptors (Lipinski definition) is 4. The molecular formula is C18H16Br2N2O2. The van der Waals surface area contributed by atoms with Gasteiger partial charge in [0.1, 0.15) is 20.4 Å². The van der Waals surface area contributed by atoms with Gasteiger partial charge in [0.05, 0.1) is 0 Å². The zero-order valence-electron chi connectivity index (χ0n) is 13.2. The zero-order chi connectivity index (χ0) is 17.2. The lowest BCUT2D eigenvalue weighted by Crippen LogP contribution is -2.33. The quantitative estimate of drug-likeness (QED) is 0.506. The van der Waals surface area contributed by atoms with Gasteiger partial charge in [-0.15, -0.1) is 0 Å². The predicted octanol–water partition coefficient (Wildman–Crippen LogP) is 4.51. The first kappa shape index (κ1) is 17.5. The normalized spacial score (nSPS) is 25.8. The predicted molar refractivity (Wildman–Crippen MR) is 99.5 cm³/mol. The lowest BCUT2D eigenvalue weighted by atomic mass is 9.82. The van der Waals surface area contributed by atoms with Crippen molar-refractivity contribution in [3.8, 4) is 0 Å². The summed E-state index contributed by atoms with van der Waals surface area (Å²) in [6, 6.07) is 7.76. The van der Waals surface area contributed by atoms with Crippen LogP contribution in [-0.2, 0) is 20.7 Å². The Labute approximate surface area is 157 Å². The Balaban J connectivity index is 2.00. The van der Waals surface area contributed by atoms with Crippen molar-refractivity contribution in [2.24, 2.45) is 0 Å². The van der Waals surface area contributed by atoms with Gasteiger partial charge in [0, 0.05) is 37.7 Å². The van der Waals surface area contributed by atoms with Crippen molar-refractivity contribution in [1.29, 1.82) is 0 Å². The Hall–Kier alpha value is -1.34. The summed E-state index contributed by atoms with van der Waals surface area (Å²) in [4.78, 5) is 8.59. The average molecular weight is 452 g/mol. The largest absolute Gasteiger partial charge is 0.365 e. The van der Waals surface area contributed by atoms with Crippen LogP contribution in [0.1, 0.15) is 11.1 Å². The highest BCUT2D eigenvalue weighted by Gasteiger charge is 2.36. The van der Waals surface area contributed by atoms with E-state index in [4.69, 9.17) is 9.47 Å². The van der Waals surface area contributed by atoms with E-state index in [0.29, 0.717) is 0 Å². The second kappa shape index (κ2) is 6.88. The molecule has 0 bridgehead atoms. The van der Waals surface area contributed by atoms with Gasteiger partial charge in [-0.05, 0) is 68.3 Å². The fraction of sp³-hybridized carbons (Fsp3) is 0.222. The van der Waals surface area contributed by atoms with Gasteiger partial charge in [0.25, 0.3) is 0 Å². The van der Waals surface area contributed by atoms with Crippen LogP contribution in [0.25, 0.3) is 0 Å². The molecular weight excluding hydrogens is 436 g/mol. The van der Waals surface area contributed by atoms with Crippen molar-refractivity contribution in [1.82, 2.24) is 9.97 Å². The Morgan fingerprint density at radius 1 is 0.708 bits per heavy atom. The molecule has 3 rings (SSSR count). The summed E-state index contributed by atoms with van der Waals surface area (Å²) < 4.78 is 13.2. The third kappa shape index (κ3) is 3.11. The lowest BCUT2D eigenvalue weighted by molar-refractivity contribution is 0.0418. The highest BCUT2D eigenvalue weighted by Crippen LogP contribution is 2.39. The molecule has 24 heavy (non-hydrogen) atoms. The van der Waals surface area contributed by atoms with Crippen LogP contribution in [0.3, 0.4) is 0 Å². The molecule has 0 N–H and O–H groups in total. The number of rotatable bonds is 4. The van der Waals surface area contributed by atoms with Crippen LogP contribution in [0, 0.1) is 0 Å². The molecule has 0 radical (unpaired) electrons. The number of ether oxygens (including phenoxy) is 2. The van der Waals surface area contributed by atoms with E-state index in [1.807, 2.05) is 48.6 Å². The third-order valence-electron chi connectivity index (χ3n) is 4.19. The zero-order valence-corrected chi connectivity index (χ0v) is 16.4. The summed E-state index contributed by atoms with van der Waals surface area (Å²) in [6.07, 6.45) is 11.5. The van der Waals surface area contributed by atoms with E-state index in [-0.39, 0.29) is 0 Å². The number of methoxy groups -OCH3 is 2. The molecule has 0 atom stereocenters. The van der Waals surface area contributed by atoms with Crippen LogP contribution in [0.15, 0.2) is 70.2 Å². The van der Waals surface area contributed by atoms with Crippen LogP contribution >= 0.6 is 31.9 Å². The minimum Gasteiger partial charge on any atom is -0.365 e. The molecule has 0 spiro atoms. The maximum atomic E-state index is 5.79.